The third-order valence-electron chi connectivity index (χ3n) is 4.32. The number of benzene rings is 1. The van der Waals surface area contributed by atoms with Gasteiger partial charge in [-0.3, -0.25) is 9.67 Å². The van der Waals surface area contributed by atoms with Crippen LogP contribution in [0.2, 0.25) is 0 Å². The molecule has 0 unspecified atom stereocenters. The van der Waals surface area contributed by atoms with Gasteiger partial charge in [-0.2, -0.15) is 5.10 Å². The smallest absolute Gasteiger partial charge is 0.194 e. The highest BCUT2D eigenvalue weighted by Crippen LogP contribution is 2.20. The molecule has 2 rings (SSSR count). The van der Waals surface area contributed by atoms with E-state index >= 15 is 0 Å². The molecule has 1 aromatic heterocycles. The van der Waals surface area contributed by atoms with Gasteiger partial charge >= 0.3 is 0 Å². The summed E-state index contributed by atoms with van der Waals surface area (Å²) in [5, 5.41) is 7.33. The molecule has 0 amide bonds. The Kier molecular flexibility index (Phi) is 6.94. The molecule has 0 aliphatic carbocycles. The van der Waals surface area contributed by atoms with Gasteiger partial charge < -0.3 is 15.1 Å². The Bertz CT molecular complexity index is 737. The number of halogens is 1. The quantitative estimate of drug-likeness (QED) is 0.604. The molecule has 2 aromatic rings. The minimum atomic E-state index is -0.199. The van der Waals surface area contributed by atoms with Crippen LogP contribution in [-0.2, 0) is 20.1 Å². The van der Waals surface area contributed by atoms with Gasteiger partial charge in [-0.15, -0.1) is 0 Å². The Morgan fingerprint density at radius 2 is 2.04 bits per heavy atom. The molecule has 142 valence electrons. The third kappa shape index (κ3) is 4.71. The lowest BCUT2D eigenvalue weighted by atomic mass is 10.2. The highest BCUT2D eigenvalue weighted by molar-refractivity contribution is 5.79. The van der Waals surface area contributed by atoms with Crippen LogP contribution in [0.4, 0.5) is 10.1 Å². The van der Waals surface area contributed by atoms with Gasteiger partial charge in [0, 0.05) is 40.8 Å². The molecule has 0 aliphatic heterocycles. The van der Waals surface area contributed by atoms with Crippen LogP contribution >= 0.6 is 0 Å². The monoisotopic (exact) mass is 361 g/mol. The Morgan fingerprint density at radius 3 is 2.58 bits per heavy atom. The zero-order valence-corrected chi connectivity index (χ0v) is 16.2. The number of aromatic nitrogens is 3. The lowest BCUT2D eigenvalue weighted by Gasteiger charge is -2.23. The summed E-state index contributed by atoms with van der Waals surface area (Å²) < 4.78 is 16.1. The number of aryl methyl sites for hydroxylation is 1. The summed E-state index contributed by atoms with van der Waals surface area (Å²) in [6.45, 7) is 6.68. The van der Waals surface area contributed by atoms with E-state index in [9.17, 15) is 4.39 Å². The topological polar surface area (TPSA) is 61.6 Å². The van der Waals surface area contributed by atoms with E-state index in [4.69, 9.17) is 0 Å². The SMILES string of the molecule is CCN(CC)c1ccc(CNC(=NC)N(C)Cc2ncnn2C)cc1F. The molecule has 0 bridgehead atoms. The third-order valence-corrected chi connectivity index (χ3v) is 4.32. The number of rotatable bonds is 7. The summed E-state index contributed by atoms with van der Waals surface area (Å²) in [5.41, 5.74) is 1.51. The first kappa shape index (κ1) is 19.7. The van der Waals surface area contributed by atoms with Gasteiger partial charge in [-0.1, -0.05) is 6.07 Å². The fourth-order valence-electron chi connectivity index (χ4n) is 2.80. The number of nitrogens with zero attached hydrogens (tertiary/aromatic N) is 6. The van der Waals surface area contributed by atoms with Crippen LogP contribution in [0.25, 0.3) is 0 Å². The Morgan fingerprint density at radius 1 is 1.31 bits per heavy atom. The summed E-state index contributed by atoms with van der Waals surface area (Å²) in [6.07, 6.45) is 1.53. The molecule has 26 heavy (non-hydrogen) atoms. The van der Waals surface area contributed by atoms with E-state index in [2.05, 4.69) is 20.4 Å². The van der Waals surface area contributed by atoms with Gasteiger partial charge in [-0.25, -0.2) is 9.37 Å². The van der Waals surface area contributed by atoms with Crippen molar-refractivity contribution >= 4 is 11.6 Å². The second-order valence-corrected chi connectivity index (χ2v) is 6.01. The van der Waals surface area contributed by atoms with Gasteiger partial charge in [0.2, 0.25) is 0 Å². The molecule has 0 spiro atoms. The van der Waals surface area contributed by atoms with E-state index in [0.717, 1.165) is 24.5 Å². The van der Waals surface area contributed by atoms with Gasteiger partial charge in [0.25, 0.3) is 0 Å². The first-order chi connectivity index (χ1) is 12.5. The Balaban J connectivity index is 2.00. The van der Waals surface area contributed by atoms with Gasteiger partial charge in [0.05, 0.1) is 12.2 Å². The van der Waals surface area contributed by atoms with E-state index in [1.165, 1.54) is 6.33 Å². The van der Waals surface area contributed by atoms with Crippen molar-refractivity contribution < 1.29 is 4.39 Å². The molecule has 8 heteroatoms. The summed E-state index contributed by atoms with van der Waals surface area (Å²) >= 11 is 0. The Labute approximate surface area is 154 Å². The van der Waals surface area contributed by atoms with Crippen molar-refractivity contribution in [3.05, 3.63) is 41.7 Å². The molecule has 1 N–H and O–H groups in total. The van der Waals surface area contributed by atoms with E-state index in [1.54, 1.807) is 17.8 Å². The van der Waals surface area contributed by atoms with Crippen molar-refractivity contribution in [3.8, 4) is 0 Å². The number of hydrogen-bond donors (Lipinski definition) is 1. The standard InChI is InChI=1S/C18H28FN7/c1-6-26(7-2)16-9-8-14(10-15(16)19)11-21-18(20-3)24(4)12-17-22-13-23-25(17)5/h8-10,13H,6-7,11-12H2,1-5H3,(H,20,21). The maximum Gasteiger partial charge on any atom is 0.194 e. The second-order valence-electron chi connectivity index (χ2n) is 6.01. The van der Waals surface area contributed by atoms with Gasteiger partial charge in [-0.05, 0) is 31.5 Å². The molecule has 0 atom stereocenters. The summed E-state index contributed by atoms with van der Waals surface area (Å²) in [4.78, 5) is 12.4. The van der Waals surface area contributed by atoms with Crippen molar-refractivity contribution in [1.82, 2.24) is 25.0 Å². The number of guanidine groups is 1. The van der Waals surface area contributed by atoms with Gasteiger partial charge in [0.1, 0.15) is 18.0 Å². The predicted octanol–water partition coefficient (Wildman–Crippen LogP) is 2.01. The number of nitrogens with one attached hydrogen (secondary N) is 1. The van der Waals surface area contributed by atoms with Crippen molar-refractivity contribution in [1.29, 1.82) is 0 Å². The van der Waals surface area contributed by atoms with Crippen molar-refractivity contribution in [2.75, 3.05) is 32.1 Å². The molecule has 0 saturated carbocycles. The number of hydrogen-bond acceptors (Lipinski definition) is 4. The molecule has 0 saturated heterocycles. The highest BCUT2D eigenvalue weighted by atomic mass is 19.1. The molecule has 0 fully saturated rings. The summed E-state index contributed by atoms with van der Waals surface area (Å²) in [7, 11) is 5.50. The van der Waals surface area contributed by atoms with E-state index in [-0.39, 0.29) is 5.82 Å². The zero-order chi connectivity index (χ0) is 19.1. The fraction of sp³-hybridized carbons (Fsp3) is 0.500. The lowest BCUT2D eigenvalue weighted by molar-refractivity contribution is 0.448. The molecule has 0 aliphatic rings. The van der Waals surface area contributed by atoms with Crippen LogP contribution in [0.3, 0.4) is 0 Å². The zero-order valence-electron chi connectivity index (χ0n) is 16.2. The van der Waals surface area contributed by atoms with Crippen LogP contribution in [0.1, 0.15) is 25.2 Å². The maximum absolute atomic E-state index is 14.4. The fourth-order valence-corrected chi connectivity index (χ4v) is 2.80. The molecule has 7 nitrogen and oxygen atoms in total. The van der Waals surface area contributed by atoms with Crippen molar-refractivity contribution in [2.45, 2.75) is 26.9 Å². The molecule has 1 aromatic carbocycles. The summed E-state index contributed by atoms with van der Waals surface area (Å²) in [5.74, 6) is 1.35. The van der Waals surface area contributed by atoms with Crippen LogP contribution in [0, 0.1) is 5.82 Å². The molecule has 1 heterocycles. The maximum atomic E-state index is 14.4. The van der Waals surface area contributed by atoms with Crippen LogP contribution < -0.4 is 10.2 Å². The van der Waals surface area contributed by atoms with E-state index in [1.807, 2.05) is 49.9 Å². The summed E-state index contributed by atoms with van der Waals surface area (Å²) in [6, 6.07) is 5.36. The minimum absolute atomic E-state index is 0.199. The molecular weight excluding hydrogens is 333 g/mol. The van der Waals surface area contributed by atoms with Crippen molar-refractivity contribution in [3.63, 3.8) is 0 Å². The molecular formula is C18H28FN7. The van der Waals surface area contributed by atoms with E-state index < -0.39 is 0 Å². The normalized spacial score (nSPS) is 11.5. The van der Waals surface area contributed by atoms with Gasteiger partial charge in [0.15, 0.2) is 5.96 Å². The average Bonchev–Trinajstić information content (AvgIpc) is 3.03. The predicted molar refractivity (Wildman–Crippen MR) is 103 cm³/mol. The largest absolute Gasteiger partial charge is 0.370 e. The van der Waals surface area contributed by atoms with Crippen LogP contribution in [0.15, 0.2) is 29.5 Å². The molecule has 0 radical (unpaired) electrons. The highest BCUT2D eigenvalue weighted by Gasteiger charge is 2.12. The van der Waals surface area contributed by atoms with E-state index in [0.29, 0.717) is 24.7 Å². The van der Waals surface area contributed by atoms with Crippen LogP contribution in [-0.4, -0.2) is 52.8 Å². The lowest BCUT2D eigenvalue weighted by Crippen LogP contribution is -2.38. The average molecular weight is 361 g/mol. The first-order valence-corrected chi connectivity index (χ1v) is 8.78. The number of aliphatic imine (C=N–C) groups is 1. The first-order valence-electron chi connectivity index (χ1n) is 8.78. The van der Waals surface area contributed by atoms with Crippen LogP contribution in [0.5, 0.6) is 0 Å². The number of anilines is 1. The minimum Gasteiger partial charge on any atom is -0.370 e. The Hall–Kier alpha value is -2.64. The van der Waals surface area contributed by atoms with Crippen molar-refractivity contribution in [2.24, 2.45) is 12.0 Å². The second kappa shape index (κ2) is 9.17.